The van der Waals surface area contributed by atoms with Gasteiger partial charge in [-0.1, -0.05) is 17.7 Å². The summed E-state index contributed by atoms with van der Waals surface area (Å²) in [5, 5.41) is 21.7. The molecule has 8 nitrogen and oxygen atoms in total. The van der Waals surface area contributed by atoms with Gasteiger partial charge in [0, 0.05) is 24.5 Å². The third-order valence-corrected chi connectivity index (χ3v) is 6.32. The number of H-pyrrole nitrogens is 1. The zero-order chi connectivity index (χ0) is 23.3. The molecule has 0 bridgehead atoms. The molecule has 2 aliphatic rings. The van der Waals surface area contributed by atoms with Crippen molar-refractivity contribution >= 4 is 22.4 Å². The molecule has 1 fully saturated rings. The van der Waals surface area contributed by atoms with Gasteiger partial charge in [0.15, 0.2) is 0 Å². The smallest absolute Gasteiger partial charge is 0.272 e. The number of aromatic amines is 1. The normalized spacial score (nSPS) is 20.6. The number of hydrogen-bond donors (Lipinski definition) is 2. The van der Waals surface area contributed by atoms with Crippen molar-refractivity contribution < 1.29 is 9.13 Å². The van der Waals surface area contributed by atoms with Crippen molar-refractivity contribution in [1.29, 1.82) is 5.26 Å². The van der Waals surface area contributed by atoms with Crippen LogP contribution < -0.4 is 11.3 Å². The van der Waals surface area contributed by atoms with Crippen LogP contribution >= 0.6 is 11.6 Å². The van der Waals surface area contributed by atoms with Gasteiger partial charge in [0.1, 0.15) is 17.5 Å². The van der Waals surface area contributed by atoms with Gasteiger partial charge < -0.3 is 10.5 Å². The molecular formula is C23H20ClFN6O2. The number of nitrogens with two attached hydrogens (primary N) is 1. The summed E-state index contributed by atoms with van der Waals surface area (Å²) in [7, 11) is 1.69. The molecular weight excluding hydrogens is 447 g/mol. The van der Waals surface area contributed by atoms with E-state index >= 15 is 4.39 Å². The maximum absolute atomic E-state index is 15.5. The topological polar surface area (TPSA) is 123 Å². The summed E-state index contributed by atoms with van der Waals surface area (Å²) in [6.07, 6.45) is 4.83. The fraction of sp³-hybridized carbons (Fsp3) is 0.304. The fourth-order valence-corrected chi connectivity index (χ4v) is 4.45. The number of nitriles is 1. The van der Waals surface area contributed by atoms with Crippen LogP contribution in [0.25, 0.3) is 21.9 Å². The Kier molecular flexibility index (Phi) is 5.27. The van der Waals surface area contributed by atoms with E-state index < -0.39 is 17.7 Å². The van der Waals surface area contributed by atoms with Crippen LogP contribution in [-0.2, 0) is 18.3 Å². The van der Waals surface area contributed by atoms with Gasteiger partial charge in [-0.05, 0) is 36.6 Å². The summed E-state index contributed by atoms with van der Waals surface area (Å²) < 4.78 is 22.9. The van der Waals surface area contributed by atoms with Crippen LogP contribution in [0.3, 0.4) is 0 Å². The first kappa shape index (κ1) is 21.4. The van der Waals surface area contributed by atoms with Crippen molar-refractivity contribution in [3.63, 3.8) is 0 Å². The summed E-state index contributed by atoms with van der Waals surface area (Å²) in [4.78, 5) is 12.2. The van der Waals surface area contributed by atoms with Crippen LogP contribution in [0.5, 0.6) is 0 Å². The van der Waals surface area contributed by atoms with E-state index in [2.05, 4.69) is 21.4 Å². The number of aryl methyl sites for hydroxylation is 1. The highest BCUT2D eigenvalue weighted by Gasteiger charge is 2.41. The van der Waals surface area contributed by atoms with Crippen molar-refractivity contribution in [1.82, 2.24) is 20.0 Å². The van der Waals surface area contributed by atoms with Gasteiger partial charge in [0.2, 0.25) is 0 Å². The Bertz CT molecular complexity index is 1430. The largest absolute Gasteiger partial charge is 0.493 e. The predicted octanol–water partition coefficient (Wildman–Crippen LogP) is 3.50. The number of ether oxygens (including phenoxy) is 1. The van der Waals surface area contributed by atoms with Gasteiger partial charge in [-0.25, -0.2) is 9.49 Å². The average molecular weight is 467 g/mol. The molecule has 0 radical (unpaired) electrons. The van der Waals surface area contributed by atoms with Gasteiger partial charge >= 0.3 is 0 Å². The second-order valence-electron chi connectivity index (χ2n) is 8.18. The molecule has 0 amide bonds. The minimum absolute atomic E-state index is 0.0325. The quantitative estimate of drug-likeness (QED) is 0.593. The molecule has 3 aromatic rings. The van der Waals surface area contributed by atoms with Crippen molar-refractivity contribution in [2.45, 2.75) is 31.4 Å². The van der Waals surface area contributed by atoms with Gasteiger partial charge in [-0.2, -0.15) is 15.5 Å². The third kappa shape index (κ3) is 3.61. The summed E-state index contributed by atoms with van der Waals surface area (Å²) in [5.41, 5.74) is 7.79. The second kappa shape index (κ2) is 8.14. The molecule has 5 rings (SSSR count). The molecule has 2 aliphatic carbocycles. The molecule has 0 aliphatic heterocycles. The second-order valence-corrected chi connectivity index (χ2v) is 8.58. The molecule has 33 heavy (non-hydrogen) atoms. The predicted molar refractivity (Wildman–Crippen MR) is 120 cm³/mol. The van der Waals surface area contributed by atoms with Crippen LogP contribution in [0.2, 0.25) is 0 Å². The highest BCUT2D eigenvalue weighted by Crippen LogP contribution is 2.47. The van der Waals surface area contributed by atoms with Crippen LogP contribution in [0.4, 0.5) is 4.39 Å². The maximum Gasteiger partial charge on any atom is 0.272 e. The van der Waals surface area contributed by atoms with E-state index in [1.165, 1.54) is 10.8 Å². The molecule has 0 unspecified atom stereocenters. The lowest BCUT2D eigenvalue weighted by molar-refractivity contribution is 0.164. The van der Waals surface area contributed by atoms with E-state index in [-0.39, 0.29) is 23.2 Å². The van der Waals surface area contributed by atoms with Crippen molar-refractivity contribution in [2.24, 2.45) is 18.7 Å². The number of allylic oxidation sites excluding steroid dienone is 4. The van der Waals surface area contributed by atoms with Gasteiger partial charge in [0.25, 0.3) is 5.56 Å². The third-order valence-electron chi connectivity index (χ3n) is 6.03. The highest BCUT2D eigenvalue weighted by atomic mass is 35.5. The SMILES string of the molecule is Cn1ncc(-c2ccc3c(=O)[nH]nc(CN)c3c2)c1[C@@H]1C(F)=C(Cl)C=C(OC2CC2)[C@H]1C#N. The minimum Gasteiger partial charge on any atom is -0.493 e. The monoisotopic (exact) mass is 466 g/mol. The summed E-state index contributed by atoms with van der Waals surface area (Å²) in [6.45, 7) is 0.134. The average Bonchev–Trinajstić information content (AvgIpc) is 3.55. The number of nitrogens with zero attached hydrogens (tertiary/aromatic N) is 4. The zero-order valence-electron chi connectivity index (χ0n) is 17.7. The van der Waals surface area contributed by atoms with Crippen molar-refractivity contribution in [3.8, 4) is 17.2 Å². The van der Waals surface area contributed by atoms with E-state index in [4.69, 9.17) is 22.1 Å². The molecule has 1 aromatic carbocycles. The molecule has 168 valence electrons. The number of nitrogens with one attached hydrogen (secondary N) is 1. The first-order valence-electron chi connectivity index (χ1n) is 10.5. The van der Waals surface area contributed by atoms with Crippen molar-refractivity contribution in [2.75, 3.05) is 0 Å². The summed E-state index contributed by atoms with van der Waals surface area (Å²) in [5.74, 6) is -2.14. The number of halogens is 2. The molecule has 3 N–H and O–H groups in total. The van der Waals surface area contributed by atoms with Crippen LogP contribution in [0, 0.1) is 17.2 Å². The Labute approximate surface area is 193 Å². The lowest BCUT2D eigenvalue weighted by atomic mass is 9.81. The van der Waals surface area contributed by atoms with Gasteiger partial charge in [-0.15, -0.1) is 0 Å². The van der Waals surface area contributed by atoms with E-state index in [0.29, 0.717) is 39.0 Å². The molecule has 0 spiro atoms. The molecule has 10 heteroatoms. The lowest BCUT2D eigenvalue weighted by Gasteiger charge is -2.28. The van der Waals surface area contributed by atoms with Crippen LogP contribution in [-0.4, -0.2) is 26.1 Å². The number of rotatable bonds is 5. The summed E-state index contributed by atoms with van der Waals surface area (Å²) in [6, 6.07) is 7.41. The standard InChI is InChI=1S/C23H20ClFN6O2/c1-31-22(20-15(8-26)19(33-12-3-4-12)7-17(24)21(20)25)16(10-28-31)11-2-5-13-14(6-11)18(9-27)29-30-23(13)32/h2,5-7,10,12,15,20H,3-4,9,27H2,1H3,(H,30,32)/t15-,20+/m1/s1. The van der Waals surface area contributed by atoms with Crippen LogP contribution in [0.1, 0.15) is 30.1 Å². The minimum atomic E-state index is -0.995. The Hall–Kier alpha value is -3.48. The lowest BCUT2D eigenvalue weighted by Crippen LogP contribution is -2.23. The molecule has 1 saturated carbocycles. The van der Waals surface area contributed by atoms with Crippen LogP contribution in [0.15, 0.2) is 51.9 Å². The Morgan fingerprint density at radius 2 is 2.18 bits per heavy atom. The van der Waals surface area contributed by atoms with Gasteiger partial charge in [-0.3, -0.25) is 9.48 Å². The molecule has 0 saturated heterocycles. The van der Waals surface area contributed by atoms with E-state index in [9.17, 15) is 10.1 Å². The Morgan fingerprint density at radius 1 is 1.39 bits per heavy atom. The van der Waals surface area contributed by atoms with Crippen molar-refractivity contribution in [3.05, 3.63) is 68.8 Å². The molecule has 2 heterocycles. The first-order chi connectivity index (χ1) is 15.9. The van der Waals surface area contributed by atoms with E-state index in [0.717, 1.165) is 12.8 Å². The number of fused-ring (bicyclic) bond motifs is 1. The number of benzene rings is 1. The Morgan fingerprint density at radius 3 is 2.88 bits per heavy atom. The summed E-state index contributed by atoms with van der Waals surface area (Å²) >= 11 is 6.23. The molecule has 2 aromatic heterocycles. The Balaban J connectivity index is 1.67. The van der Waals surface area contributed by atoms with Gasteiger partial charge in [0.05, 0.1) is 46.1 Å². The highest BCUT2D eigenvalue weighted by molar-refractivity contribution is 6.31. The van der Waals surface area contributed by atoms with E-state index in [1.54, 1.807) is 31.4 Å². The molecule has 2 atom stereocenters. The number of aromatic nitrogens is 4. The number of hydrogen-bond acceptors (Lipinski definition) is 6. The maximum atomic E-state index is 15.5. The fourth-order valence-electron chi connectivity index (χ4n) is 4.23. The zero-order valence-corrected chi connectivity index (χ0v) is 18.4. The van der Waals surface area contributed by atoms with E-state index in [1.807, 2.05) is 0 Å². The first-order valence-corrected chi connectivity index (χ1v) is 10.9.